The van der Waals surface area contributed by atoms with Crippen molar-refractivity contribution in [3.05, 3.63) is 12.4 Å². The van der Waals surface area contributed by atoms with Crippen LogP contribution in [0, 0.1) is 0 Å². The van der Waals surface area contributed by atoms with Crippen molar-refractivity contribution in [2.75, 3.05) is 11.9 Å². The summed E-state index contributed by atoms with van der Waals surface area (Å²) in [7, 11) is 0. The molecule has 1 unspecified atom stereocenters. The maximum atomic E-state index is 12.0. The molecule has 0 radical (unpaired) electrons. The average Bonchev–Trinajstić information content (AvgIpc) is 2.77. The van der Waals surface area contributed by atoms with Gasteiger partial charge in [-0.15, -0.1) is 0 Å². The minimum atomic E-state index is -0.404. The van der Waals surface area contributed by atoms with Crippen molar-refractivity contribution in [1.82, 2.24) is 15.1 Å². The molecular formula is C14H26N4O2. The van der Waals surface area contributed by atoms with Crippen LogP contribution in [0.3, 0.4) is 0 Å². The van der Waals surface area contributed by atoms with Crippen LogP contribution in [-0.2, 0) is 5.54 Å². The fourth-order valence-corrected chi connectivity index (χ4v) is 1.77. The van der Waals surface area contributed by atoms with Gasteiger partial charge in [0.2, 0.25) is 0 Å². The lowest BCUT2D eigenvalue weighted by molar-refractivity contribution is 0.208. The van der Waals surface area contributed by atoms with Gasteiger partial charge in [-0.05, 0) is 40.5 Å². The standard InChI is InChI=1S/C14H26N4O2/c1-6-14(5,7-8-19)17-12(20)16-11-9-15-18(10-11)13(2,3)4/h9-10,19H,6-8H2,1-5H3,(H2,16,17,20). The number of aliphatic hydroxyl groups is 1. The topological polar surface area (TPSA) is 79.2 Å². The summed E-state index contributed by atoms with van der Waals surface area (Å²) in [5.74, 6) is 0. The molecule has 2 amide bonds. The van der Waals surface area contributed by atoms with Crippen molar-refractivity contribution < 1.29 is 9.90 Å². The van der Waals surface area contributed by atoms with Gasteiger partial charge in [0.1, 0.15) is 0 Å². The number of carbonyl (C=O) groups excluding carboxylic acids is 1. The van der Waals surface area contributed by atoms with Gasteiger partial charge in [-0.3, -0.25) is 4.68 Å². The molecule has 0 aliphatic rings. The smallest absolute Gasteiger partial charge is 0.319 e. The van der Waals surface area contributed by atoms with Gasteiger partial charge in [-0.2, -0.15) is 5.10 Å². The Balaban J connectivity index is 2.65. The van der Waals surface area contributed by atoms with E-state index in [1.807, 2.05) is 34.6 Å². The molecular weight excluding hydrogens is 256 g/mol. The van der Waals surface area contributed by atoms with Crippen LogP contribution in [0.2, 0.25) is 0 Å². The normalized spacial score (nSPS) is 14.7. The summed E-state index contributed by atoms with van der Waals surface area (Å²) < 4.78 is 1.80. The first-order chi connectivity index (χ1) is 9.20. The Morgan fingerprint density at radius 1 is 1.40 bits per heavy atom. The minimum Gasteiger partial charge on any atom is -0.396 e. The van der Waals surface area contributed by atoms with E-state index in [1.165, 1.54) is 0 Å². The maximum Gasteiger partial charge on any atom is 0.319 e. The van der Waals surface area contributed by atoms with Gasteiger partial charge < -0.3 is 15.7 Å². The SMILES string of the molecule is CCC(C)(CCO)NC(=O)Nc1cnn(C(C)(C)C)c1. The molecule has 0 spiro atoms. The van der Waals surface area contributed by atoms with Crippen molar-refractivity contribution in [2.24, 2.45) is 0 Å². The highest BCUT2D eigenvalue weighted by Gasteiger charge is 2.24. The summed E-state index contributed by atoms with van der Waals surface area (Å²) in [6.07, 6.45) is 4.70. The quantitative estimate of drug-likeness (QED) is 0.775. The second kappa shape index (κ2) is 6.26. The highest BCUT2D eigenvalue weighted by Crippen LogP contribution is 2.17. The number of urea groups is 1. The Bertz CT molecular complexity index is 450. The molecule has 20 heavy (non-hydrogen) atoms. The number of amides is 2. The van der Waals surface area contributed by atoms with Gasteiger partial charge in [0.05, 0.1) is 17.4 Å². The van der Waals surface area contributed by atoms with Crippen molar-refractivity contribution >= 4 is 11.7 Å². The summed E-state index contributed by atoms with van der Waals surface area (Å²) in [5, 5.41) is 18.9. The summed E-state index contributed by atoms with van der Waals surface area (Å²) in [4.78, 5) is 12.0. The van der Waals surface area contributed by atoms with Crippen LogP contribution in [-0.4, -0.2) is 33.1 Å². The van der Waals surface area contributed by atoms with E-state index >= 15 is 0 Å². The molecule has 1 aromatic heterocycles. The van der Waals surface area contributed by atoms with Crippen LogP contribution in [0.1, 0.15) is 47.5 Å². The largest absolute Gasteiger partial charge is 0.396 e. The molecule has 3 N–H and O–H groups in total. The number of carbonyl (C=O) groups is 1. The molecule has 0 bridgehead atoms. The predicted octanol–water partition coefficient (Wildman–Crippen LogP) is 2.31. The fraction of sp³-hybridized carbons (Fsp3) is 0.714. The van der Waals surface area contributed by atoms with Gasteiger partial charge in [-0.25, -0.2) is 4.79 Å². The zero-order valence-corrected chi connectivity index (χ0v) is 13.0. The lowest BCUT2D eigenvalue weighted by atomic mass is 9.95. The first-order valence-corrected chi connectivity index (χ1v) is 6.95. The molecule has 0 aliphatic carbocycles. The van der Waals surface area contributed by atoms with E-state index in [-0.39, 0.29) is 18.2 Å². The third-order valence-electron chi connectivity index (χ3n) is 3.39. The fourth-order valence-electron chi connectivity index (χ4n) is 1.77. The number of aliphatic hydroxyl groups excluding tert-OH is 1. The van der Waals surface area contributed by atoms with Crippen LogP contribution in [0.5, 0.6) is 0 Å². The van der Waals surface area contributed by atoms with E-state index in [1.54, 1.807) is 17.1 Å². The zero-order valence-electron chi connectivity index (χ0n) is 13.0. The van der Waals surface area contributed by atoms with Gasteiger partial charge >= 0.3 is 6.03 Å². The summed E-state index contributed by atoms with van der Waals surface area (Å²) in [6.45, 7) is 10.1. The number of nitrogens with one attached hydrogen (secondary N) is 2. The lowest BCUT2D eigenvalue weighted by Crippen LogP contribution is -2.48. The van der Waals surface area contributed by atoms with E-state index in [4.69, 9.17) is 5.11 Å². The van der Waals surface area contributed by atoms with E-state index in [9.17, 15) is 4.79 Å². The number of hydrogen-bond acceptors (Lipinski definition) is 3. The Morgan fingerprint density at radius 3 is 2.50 bits per heavy atom. The second-order valence-electron chi connectivity index (χ2n) is 6.31. The predicted molar refractivity (Wildman–Crippen MR) is 79.8 cm³/mol. The number of anilines is 1. The highest BCUT2D eigenvalue weighted by atomic mass is 16.3. The molecule has 0 aliphatic heterocycles. The van der Waals surface area contributed by atoms with Crippen LogP contribution < -0.4 is 10.6 Å². The molecule has 0 saturated heterocycles. The summed E-state index contributed by atoms with van der Waals surface area (Å²) in [6, 6.07) is -0.281. The Kier molecular flexibility index (Phi) is 5.16. The molecule has 0 aromatic carbocycles. The van der Waals surface area contributed by atoms with E-state index in [0.717, 1.165) is 6.42 Å². The second-order valence-corrected chi connectivity index (χ2v) is 6.31. The van der Waals surface area contributed by atoms with Crippen LogP contribution in [0.25, 0.3) is 0 Å². The number of hydrogen-bond donors (Lipinski definition) is 3. The van der Waals surface area contributed by atoms with Gasteiger partial charge in [-0.1, -0.05) is 6.92 Å². The molecule has 6 heteroatoms. The lowest BCUT2D eigenvalue weighted by Gasteiger charge is -2.28. The monoisotopic (exact) mass is 282 g/mol. The summed E-state index contributed by atoms with van der Waals surface area (Å²) >= 11 is 0. The maximum absolute atomic E-state index is 12.0. The Labute approximate surface area is 120 Å². The van der Waals surface area contributed by atoms with E-state index in [2.05, 4.69) is 15.7 Å². The molecule has 1 rings (SSSR count). The van der Waals surface area contributed by atoms with Crippen LogP contribution >= 0.6 is 0 Å². The van der Waals surface area contributed by atoms with E-state index < -0.39 is 5.54 Å². The van der Waals surface area contributed by atoms with E-state index in [0.29, 0.717) is 12.1 Å². The number of nitrogens with zero attached hydrogens (tertiary/aromatic N) is 2. The zero-order chi connectivity index (χ0) is 15.4. The first kappa shape index (κ1) is 16.5. The van der Waals surface area contributed by atoms with Gasteiger partial charge in [0, 0.05) is 18.3 Å². The number of rotatable bonds is 5. The van der Waals surface area contributed by atoms with Gasteiger partial charge in [0.25, 0.3) is 0 Å². The Morgan fingerprint density at radius 2 is 2.05 bits per heavy atom. The molecule has 1 heterocycles. The minimum absolute atomic E-state index is 0.0482. The third kappa shape index (κ3) is 4.52. The molecule has 0 fully saturated rings. The van der Waals surface area contributed by atoms with Crippen molar-refractivity contribution in [3.8, 4) is 0 Å². The highest BCUT2D eigenvalue weighted by molar-refractivity contribution is 5.89. The Hall–Kier alpha value is -1.56. The summed E-state index contributed by atoms with van der Waals surface area (Å²) in [5.41, 5.74) is 0.129. The van der Waals surface area contributed by atoms with Crippen molar-refractivity contribution in [1.29, 1.82) is 0 Å². The van der Waals surface area contributed by atoms with Crippen LogP contribution in [0.15, 0.2) is 12.4 Å². The van der Waals surface area contributed by atoms with Gasteiger partial charge in [0.15, 0.2) is 0 Å². The molecule has 6 nitrogen and oxygen atoms in total. The molecule has 114 valence electrons. The molecule has 0 saturated carbocycles. The molecule has 1 atom stereocenters. The van der Waals surface area contributed by atoms with Crippen molar-refractivity contribution in [2.45, 2.75) is 58.5 Å². The number of aromatic nitrogens is 2. The average molecular weight is 282 g/mol. The first-order valence-electron chi connectivity index (χ1n) is 6.95. The third-order valence-corrected chi connectivity index (χ3v) is 3.39. The molecule has 1 aromatic rings. The van der Waals surface area contributed by atoms with Crippen LogP contribution in [0.4, 0.5) is 10.5 Å². The van der Waals surface area contributed by atoms with Crippen molar-refractivity contribution in [3.63, 3.8) is 0 Å².